The molecule has 2 N–H and O–H groups in total. The molecule has 0 radical (unpaired) electrons. The maximum absolute atomic E-state index is 14.1. The molecule has 1 heterocycles. The summed E-state index contributed by atoms with van der Waals surface area (Å²) in [5.74, 6) is -2.84. The maximum Gasteiger partial charge on any atom is 0.326 e. The van der Waals surface area contributed by atoms with Crippen LogP contribution in [0, 0.1) is 11.8 Å². The number of ketones is 1. The largest absolute Gasteiger partial charge is 0.494 e. The number of rotatable bonds is 30. The number of benzene rings is 1. The topological polar surface area (TPSA) is 130 Å². The number of amides is 1. The minimum atomic E-state index is -1.17. The first-order chi connectivity index (χ1) is 25.3. The number of hydrogen-bond donors (Lipinski definition) is 2. The molecule has 1 aliphatic heterocycles. The fraction of sp³-hybridized carbons (Fsp3) is 0.791. The van der Waals surface area contributed by atoms with Crippen LogP contribution < -0.4 is 10.1 Å². The predicted molar refractivity (Wildman–Crippen MR) is 209 cm³/mol. The number of Topliss-reactive ketones (excluding diaryl/α,β-unsaturated/α-hetero) is 1. The summed E-state index contributed by atoms with van der Waals surface area (Å²) in [4.78, 5) is 39.6. The van der Waals surface area contributed by atoms with Gasteiger partial charge in [-0.3, -0.25) is 9.59 Å². The molecule has 1 aliphatic rings. The number of carbonyl (C=O) groups excluding carboxylic acids is 2. The molecule has 1 aromatic rings. The van der Waals surface area contributed by atoms with Crippen molar-refractivity contribution in [2.45, 2.75) is 174 Å². The molecule has 0 aromatic heterocycles. The number of methoxy groups -OCH3 is 1. The molecule has 1 fully saturated rings. The van der Waals surface area contributed by atoms with Gasteiger partial charge in [0.25, 0.3) is 0 Å². The molecule has 10 heteroatoms. The predicted octanol–water partition coefficient (Wildman–Crippen LogP) is 8.85. The fourth-order valence-corrected chi connectivity index (χ4v) is 7.19. The minimum absolute atomic E-state index is 0.101. The molecular formula is C43H73NO9. The zero-order chi connectivity index (χ0) is 39.1. The summed E-state index contributed by atoms with van der Waals surface area (Å²) < 4.78 is 29.8. The van der Waals surface area contributed by atoms with Crippen molar-refractivity contribution in [2.75, 3.05) is 33.5 Å². The number of carbonyl (C=O) groups is 3. The molecule has 4 atom stereocenters. The molecule has 53 heavy (non-hydrogen) atoms. The fourth-order valence-electron chi connectivity index (χ4n) is 7.19. The molecule has 304 valence electrons. The number of aliphatic carboxylic acids is 1. The maximum atomic E-state index is 14.1. The molecule has 1 amide bonds. The Morgan fingerprint density at radius 3 is 1.98 bits per heavy atom. The Balaban J connectivity index is 2.10. The summed E-state index contributed by atoms with van der Waals surface area (Å²) in [6.45, 7) is 14.1. The van der Waals surface area contributed by atoms with Crippen LogP contribution >= 0.6 is 0 Å². The first kappa shape index (κ1) is 46.6. The smallest absolute Gasteiger partial charge is 0.326 e. The van der Waals surface area contributed by atoms with Crippen molar-refractivity contribution in [1.82, 2.24) is 5.32 Å². The standard InChI is InChI=1S/C43H73NO9/c1-8-10-12-14-17-25-43(51-29-30-52-43)26-18-15-13-16-19-36(53-42(4,5)6)32-38(37(33(3)45)24-28-49-7)40(46)44-39(41(47)48)31-34-20-22-35(23-21-34)50-27-11-9-2/h20-23,36-39H,8-19,24-32H2,1-7H3,(H,44,46)(H,47,48)/t36?,37?,38-,39?/m0/s1. The zero-order valence-electron chi connectivity index (χ0n) is 34.2. The third-order valence-corrected chi connectivity index (χ3v) is 10.1. The lowest BCUT2D eigenvalue weighted by molar-refractivity contribution is -0.168. The molecule has 0 saturated carbocycles. The molecular weight excluding hydrogens is 674 g/mol. The van der Waals surface area contributed by atoms with Crippen LogP contribution in [0.15, 0.2) is 24.3 Å². The number of ether oxygens (including phenoxy) is 5. The van der Waals surface area contributed by atoms with Crippen LogP contribution in [0.4, 0.5) is 0 Å². The van der Waals surface area contributed by atoms with Gasteiger partial charge < -0.3 is 34.1 Å². The number of carboxylic acids is 1. The van der Waals surface area contributed by atoms with Gasteiger partial charge in [-0.05, 0) is 83.9 Å². The van der Waals surface area contributed by atoms with Crippen molar-refractivity contribution in [3.05, 3.63) is 29.8 Å². The Kier molecular flexibility index (Phi) is 22.5. The van der Waals surface area contributed by atoms with Crippen molar-refractivity contribution in [1.29, 1.82) is 0 Å². The van der Waals surface area contributed by atoms with Crippen LogP contribution in [0.5, 0.6) is 5.75 Å². The average molecular weight is 748 g/mol. The van der Waals surface area contributed by atoms with E-state index in [0.29, 0.717) is 39.3 Å². The molecule has 0 aliphatic carbocycles. The first-order valence-electron chi connectivity index (χ1n) is 20.5. The summed E-state index contributed by atoms with van der Waals surface area (Å²) in [5, 5.41) is 13.0. The van der Waals surface area contributed by atoms with Crippen LogP contribution in [0.1, 0.15) is 150 Å². The van der Waals surface area contributed by atoms with Crippen molar-refractivity contribution in [3.8, 4) is 5.75 Å². The van der Waals surface area contributed by atoms with Gasteiger partial charge in [-0.15, -0.1) is 0 Å². The second-order valence-electron chi connectivity index (χ2n) is 15.9. The number of nitrogens with one attached hydrogen (secondary N) is 1. The minimum Gasteiger partial charge on any atom is -0.494 e. The zero-order valence-corrected chi connectivity index (χ0v) is 34.2. The molecule has 2 rings (SSSR count). The lowest BCUT2D eigenvalue weighted by Crippen LogP contribution is -2.48. The van der Waals surface area contributed by atoms with Gasteiger partial charge in [0, 0.05) is 38.9 Å². The van der Waals surface area contributed by atoms with Gasteiger partial charge in [0.1, 0.15) is 17.6 Å². The highest BCUT2D eigenvalue weighted by molar-refractivity contribution is 5.90. The molecule has 1 saturated heterocycles. The summed E-state index contributed by atoms with van der Waals surface area (Å²) in [6.07, 6.45) is 15.1. The van der Waals surface area contributed by atoms with Crippen LogP contribution in [0.2, 0.25) is 0 Å². The summed E-state index contributed by atoms with van der Waals surface area (Å²) in [7, 11) is 1.57. The van der Waals surface area contributed by atoms with E-state index < -0.39 is 41.1 Å². The van der Waals surface area contributed by atoms with Crippen LogP contribution in [0.25, 0.3) is 0 Å². The monoisotopic (exact) mass is 748 g/mol. The molecule has 3 unspecified atom stereocenters. The van der Waals surface area contributed by atoms with Gasteiger partial charge in [-0.2, -0.15) is 0 Å². The van der Waals surface area contributed by atoms with E-state index in [1.807, 2.05) is 45.0 Å². The lowest BCUT2D eigenvalue weighted by atomic mass is 9.81. The quantitative estimate of drug-likeness (QED) is 0.0742. The summed E-state index contributed by atoms with van der Waals surface area (Å²) >= 11 is 0. The molecule has 0 spiro atoms. The van der Waals surface area contributed by atoms with E-state index in [2.05, 4.69) is 19.2 Å². The highest BCUT2D eigenvalue weighted by Crippen LogP contribution is 2.33. The third kappa shape index (κ3) is 19.1. The summed E-state index contributed by atoms with van der Waals surface area (Å²) in [6, 6.07) is 6.13. The average Bonchev–Trinajstić information content (AvgIpc) is 3.57. The van der Waals surface area contributed by atoms with Crippen LogP contribution in [0.3, 0.4) is 0 Å². The molecule has 1 aromatic carbocycles. The van der Waals surface area contributed by atoms with E-state index in [1.54, 1.807) is 7.11 Å². The second-order valence-corrected chi connectivity index (χ2v) is 15.9. The normalized spacial score (nSPS) is 16.5. The van der Waals surface area contributed by atoms with Gasteiger partial charge in [-0.1, -0.05) is 77.3 Å². The second kappa shape index (κ2) is 25.5. The van der Waals surface area contributed by atoms with Crippen molar-refractivity contribution >= 4 is 17.7 Å². The molecule has 0 bridgehead atoms. The van der Waals surface area contributed by atoms with E-state index in [4.69, 9.17) is 23.7 Å². The third-order valence-electron chi connectivity index (χ3n) is 10.1. The van der Waals surface area contributed by atoms with Gasteiger partial charge in [0.15, 0.2) is 5.79 Å². The number of hydrogen-bond acceptors (Lipinski definition) is 8. The SMILES string of the molecule is CCCCCCCC1(CCCCCCC(C[C@H](C(=O)NC(Cc2ccc(OCCCC)cc2)C(=O)O)C(CCOC)C(C)=O)OC(C)(C)C)OCCO1. The first-order valence-corrected chi connectivity index (χ1v) is 20.5. The van der Waals surface area contributed by atoms with Gasteiger partial charge in [0.2, 0.25) is 5.91 Å². The molecule has 10 nitrogen and oxygen atoms in total. The van der Waals surface area contributed by atoms with E-state index in [0.717, 1.165) is 75.5 Å². The Bertz CT molecular complexity index is 1160. The highest BCUT2D eigenvalue weighted by Gasteiger charge is 2.37. The van der Waals surface area contributed by atoms with Gasteiger partial charge in [-0.25, -0.2) is 4.79 Å². The Labute approximate surface area is 320 Å². The Hall–Kier alpha value is -2.53. The highest BCUT2D eigenvalue weighted by atomic mass is 16.7. The Morgan fingerprint density at radius 1 is 0.830 bits per heavy atom. The Morgan fingerprint density at radius 2 is 1.43 bits per heavy atom. The summed E-state index contributed by atoms with van der Waals surface area (Å²) in [5.41, 5.74) is 0.290. The number of unbranched alkanes of at least 4 members (excludes halogenated alkanes) is 8. The lowest BCUT2D eigenvalue weighted by Gasteiger charge is -2.33. The van der Waals surface area contributed by atoms with E-state index in [9.17, 15) is 19.5 Å². The van der Waals surface area contributed by atoms with Crippen LogP contribution in [-0.4, -0.2) is 79.8 Å². The van der Waals surface area contributed by atoms with Crippen molar-refractivity contribution < 1.29 is 43.2 Å². The van der Waals surface area contributed by atoms with Gasteiger partial charge >= 0.3 is 5.97 Å². The van der Waals surface area contributed by atoms with Crippen LogP contribution in [-0.2, 0) is 39.8 Å². The van der Waals surface area contributed by atoms with Crippen molar-refractivity contribution in [2.24, 2.45) is 11.8 Å². The van der Waals surface area contributed by atoms with E-state index in [1.165, 1.54) is 32.6 Å². The van der Waals surface area contributed by atoms with Gasteiger partial charge in [0.05, 0.1) is 37.4 Å². The van der Waals surface area contributed by atoms with Crippen molar-refractivity contribution in [3.63, 3.8) is 0 Å². The number of carboxylic acid groups (broad SMARTS) is 1. The van der Waals surface area contributed by atoms with E-state index >= 15 is 0 Å². The van der Waals surface area contributed by atoms with E-state index in [-0.39, 0.29) is 18.3 Å².